The molecule has 0 heterocycles. The zero-order valence-electron chi connectivity index (χ0n) is 12.1. The van der Waals surface area contributed by atoms with Crippen molar-refractivity contribution in [2.24, 2.45) is 5.73 Å². The van der Waals surface area contributed by atoms with E-state index < -0.39 is 0 Å². The molecule has 0 spiro atoms. The van der Waals surface area contributed by atoms with Gasteiger partial charge in [-0.1, -0.05) is 60.2 Å². The second-order valence-corrected chi connectivity index (χ2v) is 6.54. The molecule has 1 unspecified atom stereocenters. The van der Waals surface area contributed by atoms with Crippen molar-refractivity contribution in [3.8, 4) is 0 Å². The van der Waals surface area contributed by atoms with Crippen molar-refractivity contribution in [1.82, 2.24) is 0 Å². The van der Waals surface area contributed by atoms with Crippen LogP contribution in [0.25, 0.3) is 10.8 Å². The molecule has 0 saturated carbocycles. The van der Waals surface area contributed by atoms with E-state index in [0.29, 0.717) is 11.8 Å². The fraction of sp³-hybridized carbons (Fsp3) is 0.158. The average molecular weight is 293 g/mol. The predicted molar refractivity (Wildman–Crippen MR) is 92.8 cm³/mol. The molecule has 1 nitrogen and oxygen atoms in total. The maximum Gasteiger partial charge on any atom is 0.0466 e. The van der Waals surface area contributed by atoms with E-state index in [2.05, 4.69) is 73.7 Å². The fourth-order valence-electron chi connectivity index (χ4n) is 2.44. The lowest BCUT2D eigenvalue weighted by atomic mass is 10.1. The Balaban J connectivity index is 1.86. The minimum absolute atomic E-state index is 0.298. The Kier molecular flexibility index (Phi) is 4.28. The van der Waals surface area contributed by atoms with E-state index in [4.69, 9.17) is 5.73 Å². The van der Waals surface area contributed by atoms with Gasteiger partial charge in [-0.15, -0.1) is 11.8 Å². The first kappa shape index (κ1) is 14.2. The van der Waals surface area contributed by atoms with Crippen LogP contribution in [0, 0.1) is 6.92 Å². The van der Waals surface area contributed by atoms with E-state index in [1.807, 2.05) is 11.8 Å². The molecule has 2 heteroatoms. The first-order valence-electron chi connectivity index (χ1n) is 7.18. The number of benzene rings is 3. The van der Waals surface area contributed by atoms with E-state index in [1.54, 1.807) is 0 Å². The summed E-state index contributed by atoms with van der Waals surface area (Å²) < 4.78 is 0. The lowest BCUT2D eigenvalue weighted by Gasteiger charge is -2.15. The number of rotatable bonds is 4. The van der Waals surface area contributed by atoms with Crippen LogP contribution in [0.4, 0.5) is 0 Å². The summed E-state index contributed by atoms with van der Waals surface area (Å²) in [4.78, 5) is 1.27. The highest BCUT2D eigenvalue weighted by Gasteiger charge is 2.11. The molecule has 3 aromatic rings. The molecule has 2 N–H and O–H groups in total. The van der Waals surface area contributed by atoms with Gasteiger partial charge in [0.2, 0.25) is 0 Å². The zero-order chi connectivity index (χ0) is 14.7. The van der Waals surface area contributed by atoms with Crippen LogP contribution in [0.2, 0.25) is 0 Å². The quantitative estimate of drug-likeness (QED) is 0.689. The van der Waals surface area contributed by atoms with Gasteiger partial charge < -0.3 is 5.73 Å². The summed E-state index contributed by atoms with van der Waals surface area (Å²) in [7, 11) is 0. The minimum atomic E-state index is 0.298. The molecule has 0 aliphatic rings. The van der Waals surface area contributed by atoms with Crippen molar-refractivity contribution >= 4 is 22.5 Å². The molecule has 0 amide bonds. The van der Waals surface area contributed by atoms with Crippen molar-refractivity contribution in [3.63, 3.8) is 0 Å². The van der Waals surface area contributed by atoms with Crippen LogP contribution in [0.15, 0.2) is 71.6 Å². The van der Waals surface area contributed by atoms with Gasteiger partial charge in [0, 0.05) is 16.7 Å². The molecule has 0 fully saturated rings. The Hall–Kier alpha value is -1.77. The molecule has 106 valence electrons. The lowest BCUT2D eigenvalue weighted by molar-refractivity contribution is 0.940. The SMILES string of the molecule is Cc1ccc(C(CN)Sc2ccc3ccccc3c2)cc1. The molecule has 1 atom stereocenters. The van der Waals surface area contributed by atoms with Gasteiger partial charge in [0.15, 0.2) is 0 Å². The van der Waals surface area contributed by atoms with Gasteiger partial charge in [-0.25, -0.2) is 0 Å². The summed E-state index contributed by atoms with van der Waals surface area (Å²) in [6, 6.07) is 23.7. The largest absolute Gasteiger partial charge is 0.329 e. The smallest absolute Gasteiger partial charge is 0.0466 e. The van der Waals surface area contributed by atoms with E-state index >= 15 is 0 Å². The second kappa shape index (κ2) is 6.33. The fourth-order valence-corrected chi connectivity index (χ4v) is 3.50. The van der Waals surface area contributed by atoms with Crippen molar-refractivity contribution in [2.75, 3.05) is 6.54 Å². The third kappa shape index (κ3) is 3.29. The highest BCUT2D eigenvalue weighted by atomic mass is 32.2. The summed E-state index contributed by atoms with van der Waals surface area (Å²) in [6.45, 7) is 2.75. The van der Waals surface area contributed by atoms with Crippen molar-refractivity contribution in [1.29, 1.82) is 0 Å². The van der Waals surface area contributed by atoms with Gasteiger partial charge in [0.1, 0.15) is 0 Å². The molecule has 3 rings (SSSR count). The summed E-state index contributed by atoms with van der Waals surface area (Å²) in [5.74, 6) is 0. The van der Waals surface area contributed by atoms with Crippen LogP contribution in [0.3, 0.4) is 0 Å². The Morgan fingerprint density at radius 3 is 2.33 bits per heavy atom. The van der Waals surface area contributed by atoms with Gasteiger partial charge >= 0.3 is 0 Å². The first-order chi connectivity index (χ1) is 10.3. The van der Waals surface area contributed by atoms with Crippen molar-refractivity contribution < 1.29 is 0 Å². The molecule has 0 aliphatic heterocycles. The van der Waals surface area contributed by atoms with E-state index in [1.165, 1.54) is 26.8 Å². The monoisotopic (exact) mass is 293 g/mol. The molecule has 0 bridgehead atoms. The summed E-state index contributed by atoms with van der Waals surface area (Å²) in [6.07, 6.45) is 0. The second-order valence-electron chi connectivity index (χ2n) is 5.26. The summed E-state index contributed by atoms with van der Waals surface area (Å²) in [5, 5.41) is 2.86. The molecule has 0 aliphatic carbocycles. The first-order valence-corrected chi connectivity index (χ1v) is 8.06. The Bertz CT molecular complexity index is 734. The van der Waals surface area contributed by atoms with Gasteiger partial charge in [-0.05, 0) is 35.4 Å². The average Bonchev–Trinajstić information content (AvgIpc) is 2.53. The normalized spacial score (nSPS) is 12.5. The standard InChI is InChI=1S/C19H19NS/c1-14-6-8-16(9-7-14)19(13-20)21-18-11-10-15-4-2-3-5-17(15)12-18/h2-12,19H,13,20H2,1H3. The van der Waals surface area contributed by atoms with Gasteiger partial charge in [-0.2, -0.15) is 0 Å². The number of thioether (sulfide) groups is 1. The van der Waals surface area contributed by atoms with Gasteiger partial charge in [0.25, 0.3) is 0 Å². The number of fused-ring (bicyclic) bond motifs is 1. The van der Waals surface area contributed by atoms with Crippen LogP contribution >= 0.6 is 11.8 Å². The molecule has 21 heavy (non-hydrogen) atoms. The van der Waals surface area contributed by atoms with Crippen LogP contribution < -0.4 is 5.73 Å². The molecular weight excluding hydrogens is 274 g/mol. The van der Waals surface area contributed by atoms with Gasteiger partial charge in [-0.3, -0.25) is 0 Å². The van der Waals surface area contributed by atoms with E-state index in [-0.39, 0.29) is 0 Å². The molecule has 0 saturated heterocycles. The summed E-state index contributed by atoms with van der Waals surface area (Å²) >= 11 is 1.84. The van der Waals surface area contributed by atoms with Crippen molar-refractivity contribution in [3.05, 3.63) is 77.9 Å². The molecule has 3 aromatic carbocycles. The molecule has 0 aromatic heterocycles. The summed E-state index contributed by atoms with van der Waals surface area (Å²) in [5.41, 5.74) is 8.56. The zero-order valence-corrected chi connectivity index (χ0v) is 12.9. The highest BCUT2D eigenvalue weighted by molar-refractivity contribution is 7.99. The lowest BCUT2D eigenvalue weighted by Crippen LogP contribution is -2.09. The Morgan fingerprint density at radius 1 is 0.905 bits per heavy atom. The number of nitrogens with two attached hydrogens (primary N) is 1. The maximum atomic E-state index is 5.98. The van der Waals surface area contributed by atoms with E-state index in [0.717, 1.165) is 0 Å². The topological polar surface area (TPSA) is 26.0 Å². The van der Waals surface area contributed by atoms with Crippen molar-refractivity contribution in [2.45, 2.75) is 17.1 Å². The van der Waals surface area contributed by atoms with E-state index in [9.17, 15) is 0 Å². The van der Waals surface area contributed by atoms with Crippen LogP contribution in [0.5, 0.6) is 0 Å². The number of aryl methyl sites for hydroxylation is 1. The highest BCUT2D eigenvalue weighted by Crippen LogP contribution is 2.35. The number of hydrogen-bond donors (Lipinski definition) is 1. The Morgan fingerprint density at radius 2 is 1.62 bits per heavy atom. The maximum absolute atomic E-state index is 5.98. The van der Waals surface area contributed by atoms with Crippen LogP contribution in [0.1, 0.15) is 16.4 Å². The third-order valence-electron chi connectivity index (χ3n) is 3.66. The number of hydrogen-bond acceptors (Lipinski definition) is 2. The molecule has 0 radical (unpaired) electrons. The van der Waals surface area contributed by atoms with Crippen LogP contribution in [-0.2, 0) is 0 Å². The minimum Gasteiger partial charge on any atom is -0.329 e. The van der Waals surface area contributed by atoms with Crippen LogP contribution in [-0.4, -0.2) is 6.54 Å². The third-order valence-corrected chi connectivity index (χ3v) is 4.94. The Labute approximate surface area is 130 Å². The molecular formula is C19H19NS. The van der Waals surface area contributed by atoms with Gasteiger partial charge in [0.05, 0.1) is 0 Å². The predicted octanol–water partition coefficient (Wildman–Crippen LogP) is 4.94.